The predicted molar refractivity (Wildman–Crippen MR) is 65.3 cm³/mol. The lowest BCUT2D eigenvalue weighted by Gasteiger charge is -2.30. The van der Waals surface area contributed by atoms with Crippen LogP contribution in [0.15, 0.2) is 24.3 Å². The third kappa shape index (κ3) is 2.16. The Morgan fingerprint density at radius 2 is 2.18 bits per heavy atom. The second-order valence-corrected chi connectivity index (χ2v) is 4.81. The van der Waals surface area contributed by atoms with Crippen LogP contribution in [0.3, 0.4) is 0 Å². The van der Waals surface area contributed by atoms with Crippen molar-refractivity contribution >= 4 is 5.91 Å². The maximum atomic E-state index is 12.0. The molecule has 88 valence electrons. The first-order valence-electron chi connectivity index (χ1n) is 5.91. The number of nitrogens with one attached hydrogen (secondary N) is 1. The quantitative estimate of drug-likeness (QED) is 0.860. The molecule has 1 aliphatic carbocycles. The number of benzene rings is 1. The van der Waals surface area contributed by atoms with E-state index in [0.717, 1.165) is 12.0 Å². The van der Waals surface area contributed by atoms with Gasteiger partial charge in [0.2, 0.25) is 5.91 Å². The van der Waals surface area contributed by atoms with Gasteiger partial charge in [-0.2, -0.15) is 5.26 Å². The number of carbonyl (C=O) groups is 1. The van der Waals surface area contributed by atoms with Gasteiger partial charge in [0.05, 0.1) is 12.0 Å². The first kappa shape index (κ1) is 11.7. The van der Waals surface area contributed by atoms with Gasteiger partial charge in [0, 0.05) is 0 Å². The molecule has 17 heavy (non-hydrogen) atoms. The van der Waals surface area contributed by atoms with Gasteiger partial charge in [-0.1, -0.05) is 38.1 Å². The molecule has 3 heteroatoms. The van der Waals surface area contributed by atoms with E-state index in [2.05, 4.69) is 11.4 Å². The molecule has 0 heterocycles. The maximum absolute atomic E-state index is 12.0. The molecular formula is C14H16N2O. The van der Waals surface area contributed by atoms with Gasteiger partial charge in [-0.25, -0.2) is 0 Å². The summed E-state index contributed by atoms with van der Waals surface area (Å²) in [5, 5.41) is 11.8. The van der Waals surface area contributed by atoms with Crippen molar-refractivity contribution in [1.82, 2.24) is 5.32 Å². The lowest BCUT2D eigenvalue weighted by Crippen LogP contribution is -2.43. The summed E-state index contributed by atoms with van der Waals surface area (Å²) in [5.41, 5.74) is 2.34. The second-order valence-electron chi connectivity index (χ2n) is 4.81. The fraction of sp³-hybridized carbons (Fsp3) is 0.429. The molecule has 0 aliphatic heterocycles. The lowest BCUT2D eigenvalue weighted by atomic mass is 9.77. The van der Waals surface area contributed by atoms with Crippen LogP contribution in [0.5, 0.6) is 0 Å². The Kier molecular flexibility index (Phi) is 3.14. The highest BCUT2D eigenvalue weighted by atomic mass is 16.2. The van der Waals surface area contributed by atoms with Crippen molar-refractivity contribution in [3.63, 3.8) is 0 Å². The van der Waals surface area contributed by atoms with Crippen molar-refractivity contribution in [2.45, 2.75) is 32.2 Å². The van der Waals surface area contributed by atoms with Crippen molar-refractivity contribution in [2.75, 3.05) is 0 Å². The van der Waals surface area contributed by atoms with Crippen molar-refractivity contribution in [2.24, 2.45) is 5.92 Å². The van der Waals surface area contributed by atoms with Crippen LogP contribution in [0, 0.1) is 17.2 Å². The van der Waals surface area contributed by atoms with E-state index in [1.54, 1.807) is 0 Å². The fourth-order valence-electron chi connectivity index (χ4n) is 2.09. The number of hydrogen-bond acceptors (Lipinski definition) is 2. The molecule has 0 fully saturated rings. The smallest absolute Gasteiger partial charge is 0.228 e. The topological polar surface area (TPSA) is 52.9 Å². The fourth-order valence-corrected chi connectivity index (χ4v) is 2.09. The molecule has 0 spiro atoms. The Morgan fingerprint density at radius 1 is 1.47 bits per heavy atom. The first-order chi connectivity index (χ1) is 8.13. The Hall–Kier alpha value is -1.82. The van der Waals surface area contributed by atoms with E-state index in [0.29, 0.717) is 0 Å². The molecule has 0 radical (unpaired) electrons. The predicted octanol–water partition coefficient (Wildman–Crippen LogP) is 1.99. The van der Waals surface area contributed by atoms with Crippen LogP contribution >= 0.6 is 0 Å². The highest BCUT2D eigenvalue weighted by Gasteiger charge is 2.32. The van der Waals surface area contributed by atoms with Crippen LogP contribution in [-0.2, 0) is 11.2 Å². The van der Waals surface area contributed by atoms with Gasteiger partial charge in [-0.05, 0) is 23.5 Å². The van der Waals surface area contributed by atoms with Gasteiger partial charge < -0.3 is 5.32 Å². The molecule has 2 atom stereocenters. The Balaban J connectivity index is 2.03. The zero-order chi connectivity index (χ0) is 12.4. The molecule has 0 saturated carbocycles. The van der Waals surface area contributed by atoms with Crippen LogP contribution in [0.25, 0.3) is 0 Å². The van der Waals surface area contributed by atoms with Gasteiger partial charge in [-0.15, -0.1) is 0 Å². The minimum Gasteiger partial charge on any atom is -0.340 e. The molecule has 1 aliphatic rings. The third-order valence-electron chi connectivity index (χ3n) is 3.27. The number of fused-ring (bicyclic) bond motifs is 1. The zero-order valence-electron chi connectivity index (χ0n) is 10.1. The molecule has 0 bridgehead atoms. The summed E-state index contributed by atoms with van der Waals surface area (Å²) in [6.07, 6.45) is 0.790. The van der Waals surface area contributed by atoms with E-state index >= 15 is 0 Å². The Bertz CT molecular complexity index is 473. The van der Waals surface area contributed by atoms with Crippen molar-refractivity contribution in [3.8, 4) is 6.07 Å². The van der Waals surface area contributed by atoms with Gasteiger partial charge in [0.25, 0.3) is 0 Å². The molecular weight excluding hydrogens is 212 g/mol. The minimum absolute atomic E-state index is 0.0241. The molecule has 2 unspecified atom stereocenters. The lowest BCUT2D eigenvalue weighted by molar-refractivity contribution is -0.123. The number of rotatable bonds is 3. The first-order valence-corrected chi connectivity index (χ1v) is 5.91. The monoisotopic (exact) mass is 228 g/mol. The van der Waals surface area contributed by atoms with E-state index in [1.807, 2.05) is 38.1 Å². The van der Waals surface area contributed by atoms with E-state index in [9.17, 15) is 4.79 Å². The van der Waals surface area contributed by atoms with Crippen LogP contribution in [0.2, 0.25) is 0 Å². The van der Waals surface area contributed by atoms with Crippen LogP contribution in [0.4, 0.5) is 0 Å². The second kappa shape index (κ2) is 4.58. The SMILES string of the molecule is CC(C)C(C#N)NC(=O)C1Cc2ccccc21. The van der Waals surface area contributed by atoms with Crippen LogP contribution in [-0.4, -0.2) is 11.9 Å². The van der Waals surface area contributed by atoms with E-state index < -0.39 is 6.04 Å². The highest BCUT2D eigenvalue weighted by molar-refractivity contribution is 5.87. The summed E-state index contributed by atoms with van der Waals surface area (Å²) in [6.45, 7) is 3.87. The average molecular weight is 228 g/mol. The van der Waals surface area contributed by atoms with E-state index in [-0.39, 0.29) is 17.7 Å². The van der Waals surface area contributed by atoms with Gasteiger partial charge >= 0.3 is 0 Å². The Labute approximate surface area is 101 Å². The van der Waals surface area contributed by atoms with Crippen molar-refractivity contribution in [1.29, 1.82) is 5.26 Å². The van der Waals surface area contributed by atoms with E-state index in [1.165, 1.54) is 5.56 Å². The minimum atomic E-state index is -0.393. The summed E-state index contributed by atoms with van der Waals surface area (Å²) >= 11 is 0. The number of hydrogen-bond donors (Lipinski definition) is 1. The maximum Gasteiger partial charge on any atom is 0.228 e. The standard InChI is InChI=1S/C14H16N2O/c1-9(2)13(8-15)16-14(17)12-7-10-5-3-4-6-11(10)12/h3-6,9,12-13H,7H2,1-2H3,(H,16,17). The summed E-state index contributed by atoms with van der Waals surface area (Å²) in [6, 6.07) is 9.70. The molecule has 1 N–H and O–H groups in total. The largest absolute Gasteiger partial charge is 0.340 e. The number of nitrogens with zero attached hydrogens (tertiary/aromatic N) is 1. The van der Waals surface area contributed by atoms with Gasteiger partial charge in [0.1, 0.15) is 6.04 Å². The number of carbonyl (C=O) groups excluding carboxylic acids is 1. The van der Waals surface area contributed by atoms with E-state index in [4.69, 9.17) is 5.26 Å². The average Bonchev–Trinajstić information content (AvgIpc) is 2.27. The molecule has 1 amide bonds. The van der Waals surface area contributed by atoms with Crippen LogP contribution < -0.4 is 5.32 Å². The summed E-state index contributed by atoms with van der Waals surface area (Å²) in [4.78, 5) is 12.0. The molecule has 0 saturated heterocycles. The third-order valence-corrected chi connectivity index (χ3v) is 3.27. The number of amides is 1. The van der Waals surface area contributed by atoms with Gasteiger partial charge in [-0.3, -0.25) is 4.79 Å². The normalized spacial score (nSPS) is 18.8. The summed E-state index contributed by atoms with van der Waals surface area (Å²) in [5.74, 6) is 0.0454. The Morgan fingerprint density at radius 3 is 2.76 bits per heavy atom. The highest BCUT2D eigenvalue weighted by Crippen LogP contribution is 2.34. The summed E-state index contributed by atoms with van der Waals surface area (Å²) in [7, 11) is 0. The van der Waals surface area contributed by atoms with Crippen molar-refractivity contribution in [3.05, 3.63) is 35.4 Å². The summed E-state index contributed by atoms with van der Waals surface area (Å²) < 4.78 is 0. The molecule has 0 aromatic heterocycles. The molecule has 2 rings (SSSR count). The van der Waals surface area contributed by atoms with Gasteiger partial charge in [0.15, 0.2) is 0 Å². The number of nitriles is 1. The molecule has 1 aromatic rings. The zero-order valence-corrected chi connectivity index (χ0v) is 10.1. The molecule has 3 nitrogen and oxygen atoms in total. The van der Waals surface area contributed by atoms with Crippen molar-refractivity contribution < 1.29 is 4.79 Å². The van der Waals surface area contributed by atoms with Crippen LogP contribution in [0.1, 0.15) is 30.9 Å². The molecule has 1 aromatic carbocycles.